The number of pyridine rings is 1. The molecule has 0 aliphatic rings. The molecule has 14 heavy (non-hydrogen) atoms. The summed E-state index contributed by atoms with van der Waals surface area (Å²) in [6.07, 6.45) is 1.59. The van der Waals surface area contributed by atoms with E-state index in [2.05, 4.69) is 26.0 Å². The molecule has 0 aliphatic carbocycles. The van der Waals surface area contributed by atoms with Crippen molar-refractivity contribution in [1.29, 1.82) is 0 Å². The number of nitrogens with zero attached hydrogens (tertiary/aromatic N) is 3. The minimum Gasteiger partial charge on any atom is -0.478 e. The van der Waals surface area contributed by atoms with Crippen molar-refractivity contribution in [1.82, 2.24) is 14.6 Å². The first kappa shape index (κ1) is 8.95. The molecule has 0 fully saturated rings. The number of halogens is 1. The third kappa shape index (κ3) is 1.31. The molecule has 2 heterocycles. The van der Waals surface area contributed by atoms with Gasteiger partial charge in [-0.2, -0.15) is 4.98 Å². The molecule has 0 radical (unpaired) electrons. The highest BCUT2D eigenvalue weighted by Gasteiger charge is 2.13. The van der Waals surface area contributed by atoms with Gasteiger partial charge in [-0.1, -0.05) is 0 Å². The lowest BCUT2D eigenvalue weighted by atomic mass is 10.3. The molecule has 72 valence electrons. The summed E-state index contributed by atoms with van der Waals surface area (Å²) in [5.41, 5.74) is 5.65. The SMILES string of the molecule is Nc1nc2c(C(=O)O)cc(Br)cn2n1. The van der Waals surface area contributed by atoms with Gasteiger partial charge in [-0.15, -0.1) is 5.10 Å². The maximum absolute atomic E-state index is 10.8. The Morgan fingerprint density at radius 1 is 1.64 bits per heavy atom. The largest absolute Gasteiger partial charge is 0.478 e. The number of anilines is 1. The summed E-state index contributed by atoms with van der Waals surface area (Å²) in [7, 11) is 0. The molecule has 0 aromatic carbocycles. The Morgan fingerprint density at radius 3 is 3.00 bits per heavy atom. The van der Waals surface area contributed by atoms with Crippen LogP contribution in [0.5, 0.6) is 0 Å². The van der Waals surface area contributed by atoms with Crippen LogP contribution < -0.4 is 5.73 Å². The molecule has 0 saturated carbocycles. The van der Waals surface area contributed by atoms with E-state index in [4.69, 9.17) is 10.8 Å². The van der Waals surface area contributed by atoms with Crippen LogP contribution in [0, 0.1) is 0 Å². The number of carbonyl (C=O) groups is 1. The number of nitrogen functional groups attached to an aromatic ring is 1. The van der Waals surface area contributed by atoms with Crippen molar-refractivity contribution in [3.63, 3.8) is 0 Å². The highest BCUT2D eigenvalue weighted by atomic mass is 79.9. The van der Waals surface area contributed by atoms with Crippen molar-refractivity contribution in [2.75, 3.05) is 5.73 Å². The number of nitrogens with two attached hydrogens (primary N) is 1. The first-order valence-electron chi connectivity index (χ1n) is 3.62. The molecule has 2 aromatic heterocycles. The van der Waals surface area contributed by atoms with Crippen LogP contribution in [0.25, 0.3) is 5.65 Å². The first-order chi connectivity index (χ1) is 6.58. The van der Waals surface area contributed by atoms with Gasteiger partial charge in [0.25, 0.3) is 0 Å². The van der Waals surface area contributed by atoms with E-state index in [1.807, 2.05) is 0 Å². The molecular formula is C7H5BrN4O2. The third-order valence-corrected chi connectivity index (χ3v) is 2.08. The Morgan fingerprint density at radius 2 is 2.36 bits per heavy atom. The van der Waals surface area contributed by atoms with Crippen molar-refractivity contribution < 1.29 is 9.90 Å². The van der Waals surface area contributed by atoms with Gasteiger partial charge < -0.3 is 10.8 Å². The summed E-state index contributed by atoms with van der Waals surface area (Å²) in [5.74, 6) is -1.02. The van der Waals surface area contributed by atoms with E-state index < -0.39 is 5.97 Å². The number of carboxylic acids is 1. The average Bonchev–Trinajstić information content (AvgIpc) is 2.42. The van der Waals surface area contributed by atoms with Crippen molar-refractivity contribution in [3.05, 3.63) is 22.3 Å². The molecule has 7 heteroatoms. The van der Waals surface area contributed by atoms with Crippen LogP contribution in [-0.2, 0) is 0 Å². The zero-order valence-electron chi connectivity index (χ0n) is 6.81. The summed E-state index contributed by atoms with van der Waals surface area (Å²) in [6, 6.07) is 1.45. The van der Waals surface area contributed by atoms with Crippen molar-refractivity contribution in [2.45, 2.75) is 0 Å². The molecule has 0 bridgehead atoms. The van der Waals surface area contributed by atoms with Crippen LogP contribution in [0.4, 0.5) is 5.95 Å². The molecule has 2 rings (SSSR count). The summed E-state index contributed by atoms with van der Waals surface area (Å²) >= 11 is 3.17. The van der Waals surface area contributed by atoms with E-state index in [0.29, 0.717) is 4.47 Å². The van der Waals surface area contributed by atoms with Gasteiger partial charge in [0.2, 0.25) is 5.95 Å². The topological polar surface area (TPSA) is 93.5 Å². The highest BCUT2D eigenvalue weighted by Crippen LogP contribution is 2.16. The Kier molecular flexibility index (Phi) is 1.88. The summed E-state index contributed by atoms with van der Waals surface area (Å²) in [5, 5.41) is 12.7. The van der Waals surface area contributed by atoms with E-state index in [0.717, 1.165) is 0 Å². The zero-order valence-corrected chi connectivity index (χ0v) is 8.39. The lowest BCUT2D eigenvalue weighted by Crippen LogP contribution is -2.01. The maximum atomic E-state index is 10.8. The van der Waals surface area contributed by atoms with Gasteiger partial charge >= 0.3 is 5.97 Å². The van der Waals surface area contributed by atoms with Crippen LogP contribution in [0.3, 0.4) is 0 Å². The second kappa shape index (κ2) is 2.95. The van der Waals surface area contributed by atoms with E-state index in [1.165, 1.54) is 10.6 Å². The molecular weight excluding hydrogens is 252 g/mol. The number of hydrogen-bond acceptors (Lipinski definition) is 4. The predicted molar refractivity (Wildman–Crippen MR) is 52.1 cm³/mol. The monoisotopic (exact) mass is 256 g/mol. The Balaban J connectivity index is 2.85. The van der Waals surface area contributed by atoms with E-state index in [9.17, 15) is 4.79 Å². The first-order valence-corrected chi connectivity index (χ1v) is 4.42. The Hall–Kier alpha value is -1.63. The smallest absolute Gasteiger partial charge is 0.339 e. The molecule has 0 amide bonds. The number of aromatic nitrogens is 3. The van der Waals surface area contributed by atoms with Crippen molar-refractivity contribution in [2.24, 2.45) is 0 Å². The van der Waals surface area contributed by atoms with Crippen LogP contribution in [0.1, 0.15) is 10.4 Å². The van der Waals surface area contributed by atoms with Gasteiger partial charge in [0.15, 0.2) is 5.65 Å². The molecule has 0 unspecified atom stereocenters. The fourth-order valence-corrected chi connectivity index (χ4v) is 1.55. The molecule has 6 nitrogen and oxygen atoms in total. The zero-order chi connectivity index (χ0) is 10.3. The normalized spacial score (nSPS) is 10.6. The Bertz CT molecular complexity index is 522. The number of aromatic carboxylic acids is 1. The minimum atomic E-state index is -1.07. The van der Waals surface area contributed by atoms with Crippen molar-refractivity contribution >= 4 is 33.5 Å². The fraction of sp³-hybridized carbons (Fsp3) is 0. The van der Waals surface area contributed by atoms with Crippen LogP contribution >= 0.6 is 15.9 Å². The van der Waals surface area contributed by atoms with Gasteiger partial charge in [0.05, 0.1) is 0 Å². The second-order valence-electron chi connectivity index (χ2n) is 2.62. The van der Waals surface area contributed by atoms with Gasteiger partial charge in [0, 0.05) is 10.7 Å². The van der Waals surface area contributed by atoms with Crippen LogP contribution in [-0.4, -0.2) is 25.7 Å². The van der Waals surface area contributed by atoms with Gasteiger partial charge in [0.1, 0.15) is 5.56 Å². The van der Waals surface area contributed by atoms with E-state index in [1.54, 1.807) is 6.20 Å². The summed E-state index contributed by atoms with van der Waals surface area (Å²) < 4.78 is 1.93. The van der Waals surface area contributed by atoms with Crippen LogP contribution in [0.2, 0.25) is 0 Å². The fourth-order valence-electron chi connectivity index (χ4n) is 1.13. The van der Waals surface area contributed by atoms with E-state index >= 15 is 0 Å². The average molecular weight is 257 g/mol. The van der Waals surface area contributed by atoms with Gasteiger partial charge in [-0.25, -0.2) is 9.31 Å². The van der Waals surface area contributed by atoms with Crippen LogP contribution in [0.15, 0.2) is 16.7 Å². The lowest BCUT2D eigenvalue weighted by molar-refractivity contribution is 0.0698. The second-order valence-corrected chi connectivity index (χ2v) is 3.53. The molecule has 0 aliphatic heterocycles. The maximum Gasteiger partial charge on any atom is 0.339 e. The highest BCUT2D eigenvalue weighted by molar-refractivity contribution is 9.10. The number of carboxylic acid groups (broad SMARTS) is 1. The summed E-state index contributed by atoms with van der Waals surface area (Å²) in [4.78, 5) is 14.6. The van der Waals surface area contributed by atoms with E-state index in [-0.39, 0.29) is 17.2 Å². The summed E-state index contributed by atoms with van der Waals surface area (Å²) in [6.45, 7) is 0. The number of rotatable bonds is 1. The number of fused-ring (bicyclic) bond motifs is 1. The lowest BCUT2D eigenvalue weighted by Gasteiger charge is -1.97. The van der Waals surface area contributed by atoms with Gasteiger partial charge in [-0.05, 0) is 22.0 Å². The minimum absolute atomic E-state index is 0.0469. The molecule has 0 atom stereocenters. The third-order valence-electron chi connectivity index (χ3n) is 1.65. The molecule has 3 N–H and O–H groups in total. The molecule has 0 spiro atoms. The number of hydrogen-bond donors (Lipinski definition) is 2. The molecule has 0 saturated heterocycles. The standard InChI is InChI=1S/C7H5BrN4O2/c8-3-1-4(6(13)14)5-10-7(9)11-12(5)2-3/h1-2H,(H2,9,11)(H,13,14). The van der Waals surface area contributed by atoms with Gasteiger partial charge in [-0.3, -0.25) is 0 Å². The quantitative estimate of drug-likeness (QED) is 0.786. The molecule has 2 aromatic rings. The predicted octanol–water partition coefficient (Wildman–Crippen LogP) is 0.772. The Labute approximate surface area is 86.5 Å². The van der Waals surface area contributed by atoms with Crippen molar-refractivity contribution in [3.8, 4) is 0 Å².